The van der Waals surface area contributed by atoms with Crippen LogP contribution >= 0.6 is 0 Å². The van der Waals surface area contributed by atoms with Crippen LogP contribution in [0.25, 0.3) is 11.1 Å². The summed E-state index contributed by atoms with van der Waals surface area (Å²) in [5.41, 5.74) is 7.55. The van der Waals surface area contributed by atoms with Gasteiger partial charge in [-0.1, -0.05) is 57.2 Å². The fourth-order valence-electron chi connectivity index (χ4n) is 4.54. The zero-order valence-electron chi connectivity index (χ0n) is 26.1. The van der Waals surface area contributed by atoms with Crippen LogP contribution in [0.2, 0.25) is 0 Å². The molecule has 0 bridgehead atoms. The number of anilines is 1. The first-order chi connectivity index (χ1) is 21.9. The van der Waals surface area contributed by atoms with Gasteiger partial charge in [0.1, 0.15) is 18.1 Å². The van der Waals surface area contributed by atoms with Crippen molar-refractivity contribution in [2.75, 3.05) is 19.0 Å². The minimum Gasteiger partial charge on any atom is -0.481 e. The van der Waals surface area contributed by atoms with E-state index in [1.165, 1.54) is 19.2 Å². The zero-order valence-corrected chi connectivity index (χ0v) is 26.1. The molecule has 0 unspecified atom stereocenters. The summed E-state index contributed by atoms with van der Waals surface area (Å²) in [5.74, 6) is -1.74. The molecule has 46 heavy (non-hydrogen) atoms. The molecule has 2 amide bonds. The van der Waals surface area contributed by atoms with Crippen molar-refractivity contribution >= 4 is 29.3 Å². The lowest BCUT2D eigenvalue weighted by molar-refractivity contribution is 0.0473. The molecule has 1 aromatic heterocycles. The van der Waals surface area contributed by atoms with Crippen LogP contribution in [0.4, 0.5) is 5.69 Å². The number of rotatable bonds is 11. The number of nitrogens with one attached hydrogen (secondary N) is 3. The normalized spacial score (nSPS) is 11.7. The highest BCUT2D eigenvalue weighted by molar-refractivity contribution is 6.10. The van der Waals surface area contributed by atoms with E-state index in [4.69, 9.17) is 20.6 Å². The maximum absolute atomic E-state index is 13.6. The molecule has 0 saturated heterocycles. The Morgan fingerprint density at radius 2 is 1.57 bits per heavy atom. The molecule has 0 aliphatic rings. The number of aromatic nitrogens is 1. The van der Waals surface area contributed by atoms with Gasteiger partial charge in [0.2, 0.25) is 5.88 Å². The molecule has 0 radical (unpaired) electrons. The molecule has 238 valence electrons. The number of amidine groups is 1. The van der Waals surface area contributed by atoms with Gasteiger partial charge in [-0.2, -0.15) is 0 Å². The minimum absolute atomic E-state index is 0.0173. The first-order valence-electron chi connectivity index (χ1n) is 14.5. The molecule has 4 rings (SSSR count). The molecular weight excluding hydrogens is 586 g/mol. The van der Waals surface area contributed by atoms with Gasteiger partial charge in [0.25, 0.3) is 11.8 Å². The largest absolute Gasteiger partial charge is 0.481 e. The molecule has 1 heterocycles. The summed E-state index contributed by atoms with van der Waals surface area (Å²) < 4.78 is 10.9. The van der Waals surface area contributed by atoms with Crippen molar-refractivity contribution in [1.29, 1.82) is 5.41 Å². The number of hydrogen-bond acceptors (Lipinski definition) is 8. The van der Waals surface area contributed by atoms with Crippen LogP contribution in [-0.4, -0.2) is 53.5 Å². The first-order valence-corrected chi connectivity index (χ1v) is 14.5. The van der Waals surface area contributed by atoms with Crippen LogP contribution < -0.4 is 21.1 Å². The minimum atomic E-state index is -0.718. The van der Waals surface area contributed by atoms with Gasteiger partial charge >= 0.3 is 5.97 Å². The van der Waals surface area contributed by atoms with Crippen molar-refractivity contribution in [3.63, 3.8) is 0 Å². The summed E-state index contributed by atoms with van der Waals surface area (Å²) in [6.07, 6.45) is 0. The average molecular weight is 624 g/mol. The molecule has 0 aliphatic carbocycles. The Balaban J connectivity index is 1.76. The number of aliphatic hydroxyl groups excluding tert-OH is 1. The average Bonchev–Trinajstić information content (AvgIpc) is 3.05. The monoisotopic (exact) mass is 623 g/mol. The summed E-state index contributed by atoms with van der Waals surface area (Å²) >= 11 is 0. The zero-order chi connectivity index (χ0) is 33.4. The Morgan fingerprint density at radius 3 is 2.17 bits per heavy atom. The van der Waals surface area contributed by atoms with E-state index in [0.717, 1.165) is 5.56 Å². The second-order valence-electron chi connectivity index (χ2n) is 11.6. The summed E-state index contributed by atoms with van der Waals surface area (Å²) in [6, 6.07) is 22.7. The molecule has 0 saturated carbocycles. The van der Waals surface area contributed by atoms with E-state index < -0.39 is 29.2 Å². The Bertz CT molecular complexity index is 1730. The van der Waals surface area contributed by atoms with Gasteiger partial charge in [0.05, 0.1) is 25.3 Å². The second-order valence-corrected chi connectivity index (χ2v) is 11.6. The number of nitrogens with two attached hydrogens (primary N) is 1. The molecular formula is C35H37N5O6. The summed E-state index contributed by atoms with van der Waals surface area (Å²) in [5, 5.41) is 23.1. The van der Waals surface area contributed by atoms with E-state index in [0.29, 0.717) is 22.4 Å². The van der Waals surface area contributed by atoms with Gasteiger partial charge in [-0.3, -0.25) is 15.0 Å². The predicted octanol–water partition coefficient (Wildman–Crippen LogP) is 4.79. The highest BCUT2D eigenvalue weighted by Crippen LogP contribution is 2.31. The summed E-state index contributed by atoms with van der Waals surface area (Å²) in [6.45, 7) is 5.39. The van der Waals surface area contributed by atoms with Crippen LogP contribution in [0.1, 0.15) is 63.1 Å². The molecule has 1 atom stereocenters. The smallest absolute Gasteiger partial charge is 0.339 e. The maximum Gasteiger partial charge on any atom is 0.339 e. The molecule has 4 aromatic rings. The number of aliphatic hydroxyl groups is 1. The fourth-order valence-corrected chi connectivity index (χ4v) is 4.54. The number of methoxy groups -OCH3 is 1. The number of carbonyl (C=O) groups excluding carboxylic acids is 3. The topological polar surface area (TPSA) is 177 Å². The third-order valence-corrected chi connectivity index (χ3v) is 7.29. The lowest BCUT2D eigenvalue weighted by Gasteiger charge is -2.29. The van der Waals surface area contributed by atoms with Crippen molar-refractivity contribution < 1.29 is 29.0 Å². The number of nitrogen functional groups attached to an aromatic ring is 1. The molecule has 0 fully saturated rings. The van der Waals surface area contributed by atoms with Crippen LogP contribution in [-0.2, 0) is 11.3 Å². The van der Waals surface area contributed by atoms with Gasteiger partial charge in [0, 0.05) is 28.4 Å². The SMILES string of the molecule is COc1ccc(-c2ccc(C(=O)N[C@H](CO)C(C)(C)C)cc2C(=O)OCc2ccccc2)c(C(=O)Nc2ccc(C(=N)N)cc2)n1. The number of esters is 1. The van der Waals surface area contributed by atoms with Crippen LogP contribution in [0.5, 0.6) is 5.88 Å². The molecule has 3 aromatic carbocycles. The van der Waals surface area contributed by atoms with Crippen molar-refractivity contribution in [1.82, 2.24) is 10.3 Å². The van der Waals surface area contributed by atoms with Gasteiger partial charge in [-0.05, 0) is 59.0 Å². The number of ether oxygens (including phenoxy) is 2. The van der Waals surface area contributed by atoms with E-state index in [1.54, 1.807) is 42.5 Å². The lowest BCUT2D eigenvalue weighted by Crippen LogP contribution is -2.46. The van der Waals surface area contributed by atoms with Crippen LogP contribution in [0.3, 0.4) is 0 Å². The second kappa shape index (κ2) is 14.5. The van der Waals surface area contributed by atoms with E-state index in [9.17, 15) is 19.5 Å². The number of carbonyl (C=O) groups is 3. The molecule has 6 N–H and O–H groups in total. The molecule has 0 spiro atoms. The Morgan fingerprint density at radius 1 is 0.913 bits per heavy atom. The highest BCUT2D eigenvalue weighted by Gasteiger charge is 2.28. The third kappa shape index (κ3) is 8.13. The van der Waals surface area contributed by atoms with Crippen molar-refractivity contribution in [2.24, 2.45) is 11.1 Å². The number of amides is 2. The molecule has 0 aliphatic heterocycles. The number of benzene rings is 3. The van der Waals surface area contributed by atoms with E-state index in [2.05, 4.69) is 15.6 Å². The fraction of sp³-hybridized carbons (Fsp3) is 0.229. The molecule has 11 heteroatoms. The van der Waals surface area contributed by atoms with Crippen molar-refractivity contribution in [3.8, 4) is 17.0 Å². The Kier molecular flexibility index (Phi) is 10.5. The van der Waals surface area contributed by atoms with Crippen molar-refractivity contribution in [2.45, 2.75) is 33.4 Å². The van der Waals surface area contributed by atoms with Gasteiger partial charge < -0.3 is 30.9 Å². The standard InChI is InChI=1S/C35H37N5O6/c1-35(2,3)28(19-41)39-32(42)23-12-15-25(27(18-23)34(44)46-20-21-8-6-5-7-9-21)26-16-17-29(45-4)40-30(26)33(43)38-24-13-10-22(11-14-24)31(36)37/h5-18,28,41H,19-20H2,1-4H3,(H3,36,37)(H,38,43)(H,39,42)/t28-/m1/s1. The first kappa shape index (κ1) is 33.3. The molecule has 11 nitrogen and oxygen atoms in total. The third-order valence-electron chi connectivity index (χ3n) is 7.29. The van der Waals surface area contributed by atoms with Gasteiger partial charge in [-0.15, -0.1) is 0 Å². The van der Waals surface area contributed by atoms with Crippen molar-refractivity contribution in [3.05, 3.63) is 113 Å². The summed E-state index contributed by atoms with van der Waals surface area (Å²) in [7, 11) is 1.42. The summed E-state index contributed by atoms with van der Waals surface area (Å²) in [4.78, 5) is 44.9. The van der Waals surface area contributed by atoms with Crippen LogP contribution in [0.15, 0.2) is 84.9 Å². The lowest BCUT2D eigenvalue weighted by atomic mass is 9.87. The van der Waals surface area contributed by atoms with E-state index >= 15 is 0 Å². The quantitative estimate of drug-likeness (QED) is 0.0900. The maximum atomic E-state index is 13.6. The Labute approximate surface area is 267 Å². The highest BCUT2D eigenvalue weighted by atomic mass is 16.5. The Hall–Kier alpha value is -5.55. The predicted molar refractivity (Wildman–Crippen MR) is 175 cm³/mol. The van der Waals surface area contributed by atoms with Gasteiger partial charge in [-0.25, -0.2) is 9.78 Å². The van der Waals surface area contributed by atoms with E-state index in [1.807, 2.05) is 51.1 Å². The number of pyridine rings is 1. The van der Waals surface area contributed by atoms with E-state index in [-0.39, 0.29) is 41.8 Å². The van der Waals surface area contributed by atoms with Crippen LogP contribution in [0, 0.1) is 10.8 Å². The van der Waals surface area contributed by atoms with Gasteiger partial charge in [0.15, 0.2) is 0 Å². The number of nitrogens with zero attached hydrogens (tertiary/aromatic N) is 1. The number of hydrogen-bond donors (Lipinski definition) is 5.